The van der Waals surface area contributed by atoms with Crippen molar-refractivity contribution in [3.8, 4) is 0 Å². The van der Waals surface area contributed by atoms with Crippen LogP contribution in [0.1, 0.15) is 43.0 Å². The number of hydrogen-bond acceptors (Lipinski definition) is 4. The van der Waals surface area contributed by atoms with E-state index in [0.29, 0.717) is 13.1 Å². The molecule has 6 nitrogen and oxygen atoms in total. The maximum atomic E-state index is 12.8. The van der Waals surface area contributed by atoms with Crippen LogP contribution in [-0.2, 0) is 22.4 Å². The van der Waals surface area contributed by atoms with Gasteiger partial charge in [-0.15, -0.1) is 0 Å². The topological polar surface area (TPSA) is 64.7 Å². The minimum absolute atomic E-state index is 0.0173. The number of carbonyl (C=O) groups excluding carboxylic acids is 2. The van der Waals surface area contributed by atoms with Crippen LogP contribution in [0.25, 0.3) is 0 Å². The Bertz CT molecular complexity index is 988. The van der Waals surface area contributed by atoms with Crippen LogP contribution in [0, 0.1) is 13.8 Å². The Hall–Kier alpha value is -2.70. The van der Waals surface area contributed by atoms with Gasteiger partial charge in [-0.05, 0) is 55.9 Å². The van der Waals surface area contributed by atoms with E-state index in [-0.39, 0.29) is 17.9 Å². The number of benzene rings is 2. The molecule has 1 heterocycles. The molecule has 1 atom stereocenters. The molecule has 1 fully saturated rings. The average Bonchev–Trinajstić information content (AvgIpc) is 2.78. The maximum Gasteiger partial charge on any atom is 0.238 e. The first-order valence-electron chi connectivity index (χ1n) is 12.0. The minimum atomic E-state index is 0.0173. The van der Waals surface area contributed by atoms with E-state index in [0.717, 1.165) is 66.1 Å². The molecule has 0 spiro atoms. The molecule has 0 aromatic heterocycles. The average molecular weight is 451 g/mol. The molecule has 3 rings (SSSR count). The Morgan fingerprint density at radius 1 is 0.848 bits per heavy atom. The van der Waals surface area contributed by atoms with Crippen molar-refractivity contribution >= 4 is 23.2 Å². The maximum absolute atomic E-state index is 12.8. The number of aryl methyl sites for hydroxylation is 4. The Morgan fingerprint density at radius 3 is 1.85 bits per heavy atom. The molecule has 0 radical (unpaired) electrons. The van der Waals surface area contributed by atoms with Gasteiger partial charge in [0.15, 0.2) is 0 Å². The van der Waals surface area contributed by atoms with Crippen molar-refractivity contribution in [3.63, 3.8) is 0 Å². The zero-order chi connectivity index (χ0) is 24.0. The normalized spacial score (nSPS) is 17.1. The molecule has 2 aromatic carbocycles. The lowest BCUT2D eigenvalue weighted by Gasteiger charge is -2.39. The van der Waals surface area contributed by atoms with Crippen molar-refractivity contribution in [1.29, 1.82) is 0 Å². The second-order valence-corrected chi connectivity index (χ2v) is 9.08. The summed E-state index contributed by atoms with van der Waals surface area (Å²) in [6.07, 6.45) is 1.77. The summed E-state index contributed by atoms with van der Waals surface area (Å²) in [6, 6.07) is 12.4. The number of rotatable bonds is 8. The fourth-order valence-electron chi connectivity index (χ4n) is 4.60. The van der Waals surface area contributed by atoms with Crippen LogP contribution in [-0.4, -0.2) is 60.4 Å². The van der Waals surface area contributed by atoms with Gasteiger partial charge in [0.1, 0.15) is 0 Å². The van der Waals surface area contributed by atoms with E-state index in [1.807, 2.05) is 38.1 Å². The number of nitrogens with zero attached hydrogens (tertiary/aromatic N) is 2. The third-order valence-corrected chi connectivity index (χ3v) is 6.57. The van der Waals surface area contributed by atoms with Gasteiger partial charge in [0.2, 0.25) is 11.8 Å². The first kappa shape index (κ1) is 24.9. The molecular formula is C27H38N4O2. The van der Waals surface area contributed by atoms with Crippen molar-refractivity contribution < 1.29 is 9.59 Å². The van der Waals surface area contributed by atoms with E-state index in [1.165, 1.54) is 0 Å². The first-order chi connectivity index (χ1) is 15.8. The van der Waals surface area contributed by atoms with E-state index >= 15 is 0 Å². The highest BCUT2D eigenvalue weighted by molar-refractivity contribution is 5.94. The lowest BCUT2D eigenvalue weighted by Crippen LogP contribution is -2.55. The zero-order valence-electron chi connectivity index (χ0n) is 20.7. The van der Waals surface area contributed by atoms with Crippen molar-refractivity contribution in [2.24, 2.45) is 0 Å². The van der Waals surface area contributed by atoms with E-state index in [1.54, 1.807) is 0 Å². The second kappa shape index (κ2) is 11.4. The number of carbonyl (C=O) groups is 2. The molecule has 2 N–H and O–H groups in total. The molecule has 2 aromatic rings. The van der Waals surface area contributed by atoms with Crippen LogP contribution in [0.4, 0.5) is 11.4 Å². The van der Waals surface area contributed by atoms with Gasteiger partial charge < -0.3 is 10.6 Å². The molecule has 0 saturated carbocycles. The van der Waals surface area contributed by atoms with Crippen molar-refractivity contribution in [2.45, 2.75) is 53.5 Å². The molecule has 1 aliphatic rings. The summed E-state index contributed by atoms with van der Waals surface area (Å²) < 4.78 is 0. The number of anilines is 2. The molecular weight excluding hydrogens is 412 g/mol. The lowest BCUT2D eigenvalue weighted by atomic mass is 10.1. The predicted octanol–water partition coefficient (Wildman–Crippen LogP) is 4.01. The van der Waals surface area contributed by atoms with Crippen LogP contribution in [0.3, 0.4) is 0 Å². The van der Waals surface area contributed by atoms with E-state index in [4.69, 9.17) is 0 Å². The smallest absolute Gasteiger partial charge is 0.238 e. The lowest BCUT2D eigenvalue weighted by molar-refractivity contribution is -0.120. The molecule has 1 saturated heterocycles. The van der Waals surface area contributed by atoms with Crippen LogP contribution in [0.15, 0.2) is 36.4 Å². The summed E-state index contributed by atoms with van der Waals surface area (Å²) in [6.45, 7) is 13.4. The summed E-state index contributed by atoms with van der Waals surface area (Å²) >= 11 is 0. The highest BCUT2D eigenvalue weighted by Gasteiger charge is 2.27. The van der Waals surface area contributed by atoms with E-state index < -0.39 is 0 Å². The van der Waals surface area contributed by atoms with Crippen LogP contribution in [0.5, 0.6) is 0 Å². The summed E-state index contributed by atoms with van der Waals surface area (Å²) in [5.41, 5.74) is 6.38. The van der Waals surface area contributed by atoms with E-state index in [9.17, 15) is 9.59 Å². The van der Waals surface area contributed by atoms with Gasteiger partial charge in [-0.1, -0.05) is 50.2 Å². The number of amides is 2. The molecule has 33 heavy (non-hydrogen) atoms. The first-order valence-corrected chi connectivity index (χ1v) is 12.0. The Morgan fingerprint density at radius 2 is 1.36 bits per heavy atom. The standard InChI is InChI=1S/C27H38N4O2/c1-6-22-12-8-10-19(3)26(22)28-24(32)17-30-14-15-31(21(5)16-30)18-25(33)29-27-20(4)11-9-13-23(27)7-2/h8-13,21H,6-7,14-18H2,1-5H3,(H,28,32)(H,29,33). The largest absolute Gasteiger partial charge is 0.324 e. The molecule has 0 aliphatic carbocycles. The zero-order valence-corrected chi connectivity index (χ0v) is 20.7. The number of hydrogen-bond donors (Lipinski definition) is 2. The van der Waals surface area contributed by atoms with Gasteiger partial charge in [0.25, 0.3) is 0 Å². The molecule has 1 aliphatic heterocycles. The van der Waals surface area contributed by atoms with Crippen LogP contribution in [0.2, 0.25) is 0 Å². The van der Waals surface area contributed by atoms with Crippen molar-refractivity contribution in [2.75, 3.05) is 43.4 Å². The molecule has 0 bridgehead atoms. The van der Waals surface area contributed by atoms with Crippen molar-refractivity contribution in [3.05, 3.63) is 58.7 Å². The highest BCUT2D eigenvalue weighted by atomic mass is 16.2. The van der Waals surface area contributed by atoms with Gasteiger partial charge in [-0.3, -0.25) is 19.4 Å². The fourth-order valence-corrected chi connectivity index (χ4v) is 4.60. The van der Waals surface area contributed by atoms with Gasteiger partial charge in [0, 0.05) is 37.1 Å². The minimum Gasteiger partial charge on any atom is -0.324 e. The molecule has 6 heteroatoms. The Kier molecular flexibility index (Phi) is 8.64. The van der Waals surface area contributed by atoms with E-state index in [2.05, 4.69) is 53.3 Å². The number of nitrogens with one attached hydrogen (secondary N) is 2. The molecule has 2 amide bonds. The van der Waals surface area contributed by atoms with Crippen LogP contribution >= 0.6 is 0 Å². The molecule has 178 valence electrons. The summed E-state index contributed by atoms with van der Waals surface area (Å²) in [4.78, 5) is 29.9. The number of para-hydroxylation sites is 2. The predicted molar refractivity (Wildman–Crippen MR) is 136 cm³/mol. The summed E-state index contributed by atoms with van der Waals surface area (Å²) in [7, 11) is 0. The number of piperazine rings is 1. The second-order valence-electron chi connectivity index (χ2n) is 9.08. The monoisotopic (exact) mass is 450 g/mol. The third kappa shape index (κ3) is 6.42. The molecule has 1 unspecified atom stereocenters. The third-order valence-electron chi connectivity index (χ3n) is 6.57. The van der Waals surface area contributed by atoms with Gasteiger partial charge in [0.05, 0.1) is 13.1 Å². The quantitative estimate of drug-likeness (QED) is 0.638. The Balaban J connectivity index is 1.52. The van der Waals surface area contributed by atoms with Gasteiger partial charge >= 0.3 is 0 Å². The highest BCUT2D eigenvalue weighted by Crippen LogP contribution is 2.22. The van der Waals surface area contributed by atoms with Crippen molar-refractivity contribution in [1.82, 2.24) is 9.80 Å². The van der Waals surface area contributed by atoms with Gasteiger partial charge in [-0.25, -0.2) is 0 Å². The SMILES string of the molecule is CCc1cccc(C)c1NC(=O)CN1CCN(CC(=O)Nc2c(C)cccc2CC)C(C)C1. The Labute approximate surface area is 198 Å². The fraction of sp³-hybridized carbons (Fsp3) is 0.481. The van der Waals surface area contributed by atoms with Crippen LogP contribution < -0.4 is 10.6 Å². The summed E-state index contributed by atoms with van der Waals surface area (Å²) in [5.74, 6) is 0.0349. The van der Waals surface area contributed by atoms with Gasteiger partial charge in [-0.2, -0.15) is 0 Å². The summed E-state index contributed by atoms with van der Waals surface area (Å²) in [5, 5.41) is 6.25.